The van der Waals surface area contributed by atoms with Crippen LogP contribution in [-0.2, 0) is 4.84 Å². The first-order chi connectivity index (χ1) is 11.8. The summed E-state index contributed by atoms with van der Waals surface area (Å²) in [6.07, 6.45) is 0.0588. The number of rotatable bonds is 5. The first kappa shape index (κ1) is 19.3. The van der Waals surface area contributed by atoms with Crippen LogP contribution in [0.1, 0.15) is 29.8 Å². The third kappa shape index (κ3) is 5.23. The van der Waals surface area contributed by atoms with Crippen LogP contribution in [0.2, 0.25) is 5.02 Å². The fourth-order valence-electron chi connectivity index (χ4n) is 1.84. The van der Waals surface area contributed by atoms with E-state index in [9.17, 15) is 9.90 Å². The number of oxime groups is 1. The molecule has 0 aliphatic carbocycles. The number of phenolic OH excluding ortho intramolecular Hbond substituents is 1. The zero-order chi connectivity index (χ0) is 18.6. The zero-order valence-electron chi connectivity index (χ0n) is 13.5. The molecule has 0 saturated heterocycles. The average molecular weight is 475 g/mol. The second-order valence-corrected chi connectivity index (χ2v) is 6.90. The van der Waals surface area contributed by atoms with E-state index >= 15 is 0 Å². The van der Waals surface area contributed by atoms with E-state index in [0.717, 1.165) is 9.32 Å². The second kappa shape index (κ2) is 8.39. The minimum absolute atomic E-state index is 0.0432. The highest BCUT2D eigenvalue weighted by molar-refractivity contribution is 14.1. The highest BCUT2D eigenvalue weighted by Crippen LogP contribution is 2.24. The van der Waals surface area contributed by atoms with Gasteiger partial charge in [-0.15, -0.1) is 0 Å². The highest BCUT2D eigenvalue weighted by atomic mass is 127. The Morgan fingerprint density at radius 3 is 2.52 bits per heavy atom. The third-order valence-corrected chi connectivity index (χ3v) is 4.15. The van der Waals surface area contributed by atoms with Gasteiger partial charge < -0.3 is 20.4 Å². The number of aromatic hydroxyl groups is 1. The Bertz CT molecular complexity index is 824. The minimum Gasteiger partial charge on any atom is -0.506 e. The van der Waals surface area contributed by atoms with Crippen molar-refractivity contribution in [1.82, 2.24) is 0 Å². The summed E-state index contributed by atoms with van der Waals surface area (Å²) in [5.74, 6) is -0.0751. The number of carbonyl (C=O) groups is 1. The van der Waals surface area contributed by atoms with E-state index in [-0.39, 0.29) is 28.3 Å². The van der Waals surface area contributed by atoms with Crippen LogP contribution in [0.25, 0.3) is 0 Å². The number of hydrogen-bond donors (Lipinski definition) is 2. The molecule has 3 N–H and O–H groups in total. The first-order valence-electron chi connectivity index (χ1n) is 7.28. The average Bonchev–Trinajstić information content (AvgIpc) is 2.56. The van der Waals surface area contributed by atoms with Crippen LogP contribution in [0.4, 0.5) is 0 Å². The van der Waals surface area contributed by atoms with Crippen LogP contribution in [-0.4, -0.2) is 23.0 Å². The van der Waals surface area contributed by atoms with Gasteiger partial charge in [-0.3, -0.25) is 0 Å². The van der Waals surface area contributed by atoms with Crippen LogP contribution < -0.4 is 10.5 Å². The fourth-order valence-corrected chi connectivity index (χ4v) is 2.66. The smallest absolute Gasteiger partial charge is 0.365 e. The largest absolute Gasteiger partial charge is 0.506 e. The number of ether oxygens (including phenoxy) is 1. The monoisotopic (exact) mass is 474 g/mol. The van der Waals surface area contributed by atoms with Crippen LogP contribution in [0, 0.1) is 3.57 Å². The van der Waals surface area contributed by atoms with Crippen LogP contribution in [0.5, 0.6) is 11.5 Å². The molecule has 8 heteroatoms. The van der Waals surface area contributed by atoms with Crippen molar-refractivity contribution >= 4 is 46.0 Å². The van der Waals surface area contributed by atoms with Gasteiger partial charge in [0.25, 0.3) is 0 Å². The molecule has 0 atom stereocenters. The summed E-state index contributed by atoms with van der Waals surface area (Å²) in [7, 11) is 0. The number of nitrogens with zero attached hydrogens (tertiary/aromatic N) is 1. The number of nitrogens with two attached hydrogens (primary N) is 1. The van der Waals surface area contributed by atoms with Crippen molar-refractivity contribution in [1.29, 1.82) is 0 Å². The van der Waals surface area contributed by atoms with E-state index in [2.05, 4.69) is 27.7 Å². The van der Waals surface area contributed by atoms with Gasteiger partial charge in [0.2, 0.25) is 0 Å². The van der Waals surface area contributed by atoms with Crippen molar-refractivity contribution in [3.05, 3.63) is 56.1 Å². The summed E-state index contributed by atoms with van der Waals surface area (Å²) >= 11 is 7.88. The van der Waals surface area contributed by atoms with Crippen LogP contribution in [0.3, 0.4) is 0 Å². The Labute approximate surface area is 163 Å². The molecule has 132 valence electrons. The van der Waals surface area contributed by atoms with Gasteiger partial charge in [-0.1, -0.05) is 16.8 Å². The van der Waals surface area contributed by atoms with Crippen molar-refractivity contribution < 1.29 is 19.5 Å². The Morgan fingerprint density at radius 2 is 1.92 bits per heavy atom. The number of phenols is 1. The molecular formula is C17H16ClIN2O4. The van der Waals surface area contributed by atoms with E-state index in [4.69, 9.17) is 26.9 Å². The van der Waals surface area contributed by atoms with Crippen molar-refractivity contribution in [3.8, 4) is 11.5 Å². The maximum atomic E-state index is 11.9. The molecule has 0 saturated carbocycles. The van der Waals surface area contributed by atoms with E-state index in [0.29, 0.717) is 5.56 Å². The zero-order valence-corrected chi connectivity index (χ0v) is 16.4. The Balaban J connectivity index is 2.11. The van der Waals surface area contributed by atoms with Gasteiger partial charge in [-0.25, -0.2) is 4.79 Å². The SMILES string of the molecule is CC(C)Oc1ccc(C(N)=NOC(=O)c2ccc(O)c(Cl)c2)cc1I. The quantitative estimate of drug-likeness (QED) is 0.225. The Hall–Kier alpha value is -2.00. The maximum Gasteiger partial charge on any atom is 0.365 e. The summed E-state index contributed by atoms with van der Waals surface area (Å²) in [4.78, 5) is 16.8. The molecule has 0 unspecified atom stereocenters. The van der Waals surface area contributed by atoms with E-state index < -0.39 is 5.97 Å². The predicted octanol–water partition coefficient (Wildman–Crippen LogP) is 3.91. The topological polar surface area (TPSA) is 94.1 Å². The molecule has 6 nitrogen and oxygen atoms in total. The molecule has 0 bridgehead atoms. The summed E-state index contributed by atoms with van der Waals surface area (Å²) in [6.45, 7) is 3.88. The number of hydrogen-bond acceptors (Lipinski definition) is 5. The van der Waals surface area contributed by atoms with Crippen LogP contribution in [0.15, 0.2) is 41.6 Å². The molecule has 0 amide bonds. The Kier molecular flexibility index (Phi) is 6.49. The molecule has 2 aromatic rings. The molecule has 0 fully saturated rings. The van der Waals surface area contributed by atoms with Gasteiger partial charge in [-0.05, 0) is 72.8 Å². The van der Waals surface area contributed by atoms with Gasteiger partial charge in [0, 0.05) is 5.56 Å². The molecule has 0 spiro atoms. The second-order valence-electron chi connectivity index (χ2n) is 5.33. The summed E-state index contributed by atoms with van der Waals surface area (Å²) in [5, 5.41) is 13.0. The molecule has 0 aromatic heterocycles. The standard InChI is InChI=1S/C17H16ClIN2O4/c1-9(2)24-15-6-4-10(8-13(15)19)16(20)21-25-17(23)11-3-5-14(22)12(18)7-11/h3-9,22H,1-2H3,(H2,20,21). The number of carbonyl (C=O) groups excluding carboxylic acids is 1. The lowest BCUT2D eigenvalue weighted by molar-refractivity contribution is 0.0516. The minimum atomic E-state index is -0.737. The molecule has 2 aromatic carbocycles. The fraction of sp³-hybridized carbons (Fsp3) is 0.176. The van der Waals surface area contributed by atoms with E-state index in [1.54, 1.807) is 18.2 Å². The van der Waals surface area contributed by atoms with Crippen molar-refractivity contribution in [2.45, 2.75) is 20.0 Å². The number of benzene rings is 2. The van der Waals surface area contributed by atoms with Gasteiger partial charge in [0.05, 0.1) is 20.3 Å². The summed E-state index contributed by atoms with van der Waals surface area (Å²) < 4.78 is 6.51. The lowest BCUT2D eigenvalue weighted by Crippen LogP contribution is -2.16. The molecule has 2 rings (SSSR count). The summed E-state index contributed by atoms with van der Waals surface area (Å²) in [6, 6.07) is 9.23. The maximum absolute atomic E-state index is 11.9. The van der Waals surface area contributed by atoms with Gasteiger partial charge >= 0.3 is 5.97 Å². The van der Waals surface area contributed by atoms with E-state index in [1.165, 1.54) is 18.2 Å². The molecule has 0 heterocycles. The number of amidine groups is 1. The molecule has 0 aliphatic heterocycles. The molecule has 0 radical (unpaired) electrons. The highest BCUT2D eigenvalue weighted by Gasteiger charge is 2.11. The number of halogens is 2. The van der Waals surface area contributed by atoms with Crippen molar-refractivity contribution in [2.24, 2.45) is 10.9 Å². The molecular weight excluding hydrogens is 459 g/mol. The van der Waals surface area contributed by atoms with Gasteiger partial charge in [0.1, 0.15) is 11.5 Å². The molecule has 25 heavy (non-hydrogen) atoms. The van der Waals surface area contributed by atoms with Gasteiger partial charge in [0.15, 0.2) is 5.84 Å². The lowest BCUT2D eigenvalue weighted by atomic mass is 10.2. The Morgan fingerprint density at radius 1 is 1.24 bits per heavy atom. The van der Waals surface area contributed by atoms with Gasteiger partial charge in [-0.2, -0.15) is 0 Å². The van der Waals surface area contributed by atoms with Crippen molar-refractivity contribution in [3.63, 3.8) is 0 Å². The van der Waals surface area contributed by atoms with Crippen LogP contribution >= 0.6 is 34.2 Å². The first-order valence-corrected chi connectivity index (χ1v) is 8.73. The van der Waals surface area contributed by atoms with E-state index in [1.807, 2.05) is 13.8 Å². The van der Waals surface area contributed by atoms with Crippen molar-refractivity contribution in [2.75, 3.05) is 0 Å². The molecule has 0 aliphatic rings. The predicted molar refractivity (Wildman–Crippen MR) is 104 cm³/mol. The normalized spacial score (nSPS) is 11.5. The lowest BCUT2D eigenvalue weighted by Gasteiger charge is -2.12. The summed E-state index contributed by atoms with van der Waals surface area (Å²) in [5.41, 5.74) is 6.60. The third-order valence-electron chi connectivity index (χ3n) is 3.00.